The minimum Gasteiger partial charge on any atom is -0.313 e. The predicted octanol–water partition coefficient (Wildman–Crippen LogP) is 2.91. The van der Waals surface area contributed by atoms with E-state index in [0.717, 1.165) is 6.07 Å². The lowest BCUT2D eigenvalue weighted by Crippen LogP contribution is -2.33. The van der Waals surface area contributed by atoms with E-state index in [4.69, 9.17) is 11.6 Å². The third kappa shape index (κ3) is 5.54. The quantitative estimate of drug-likeness (QED) is 0.839. The summed E-state index contributed by atoms with van der Waals surface area (Å²) in [6.07, 6.45) is 0. The highest BCUT2D eigenvalue weighted by Gasteiger charge is 2.24. The molecule has 0 aromatic heterocycles. The molecule has 21 heavy (non-hydrogen) atoms. The van der Waals surface area contributed by atoms with Crippen LogP contribution in [0.4, 0.5) is 4.39 Å². The van der Waals surface area contributed by atoms with Crippen molar-refractivity contribution in [2.45, 2.75) is 39.1 Å². The first-order valence-electron chi connectivity index (χ1n) is 6.75. The van der Waals surface area contributed by atoms with Gasteiger partial charge < -0.3 is 5.32 Å². The van der Waals surface area contributed by atoms with E-state index in [-0.39, 0.29) is 29.1 Å². The van der Waals surface area contributed by atoms with Crippen molar-refractivity contribution < 1.29 is 12.8 Å². The Hall–Kier alpha value is -0.690. The number of nitrogens with one attached hydrogen (secondary N) is 2. The number of sulfonamides is 1. The maximum absolute atomic E-state index is 14.4. The van der Waals surface area contributed by atoms with Crippen LogP contribution in [0.3, 0.4) is 0 Å². The summed E-state index contributed by atoms with van der Waals surface area (Å²) in [6.45, 7) is 8.64. The zero-order valence-corrected chi connectivity index (χ0v) is 14.3. The van der Waals surface area contributed by atoms with E-state index in [1.165, 1.54) is 6.07 Å². The summed E-state index contributed by atoms with van der Waals surface area (Å²) in [6, 6.07) is 2.57. The molecule has 0 aliphatic carbocycles. The molecule has 4 nitrogen and oxygen atoms in total. The summed E-state index contributed by atoms with van der Waals surface area (Å²) in [7, 11) is -3.93. The van der Waals surface area contributed by atoms with E-state index in [0.29, 0.717) is 6.54 Å². The molecule has 2 N–H and O–H groups in total. The molecule has 0 amide bonds. The van der Waals surface area contributed by atoms with Crippen LogP contribution in [-0.4, -0.2) is 21.5 Å². The molecule has 1 aromatic carbocycles. The lowest BCUT2D eigenvalue weighted by molar-refractivity contribution is 0.407. The van der Waals surface area contributed by atoms with Crippen molar-refractivity contribution in [3.05, 3.63) is 28.5 Å². The van der Waals surface area contributed by atoms with Crippen LogP contribution < -0.4 is 10.0 Å². The fourth-order valence-electron chi connectivity index (χ4n) is 1.59. The smallest absolute Gasteiger partial charge is 0.243 e. The standard InChI is InChI=1S/C14H22ClFN2O2S/c1-5-17-8-10-6-11(15)7-12(13(10)16)21(19,20)18-9-14(2,3)4/h6-7,17-18H,5,8-9H2,1-4H3. The van der Waals surface area contributed by atoms with Gasteiger partial charge in [-0.25, -0.2) is 17.5 Å². The number of rotatable bonds is 6. The predicted molar refractivity (Wildman–Crippen MR) is 83.4 cm³/mol. The van der Waals surface area contributed by atoms with E-state index in [1.807, 2.05) is 27.7 Å². The summed E-state index contributed by atoms with van der Waals surface area (Å²) in [5, 5.41) is 3.15. The van der Waals surface area contributed by atoms with Crippen LogP contribution in [0.2, 0.25) is 5.02 Å². The molecule has 1 rings (SSSR count). The summed E-state index contributed by atoms with van der Waals surface area (Å²) in [5.41, 5.74) is -0.00479. The van der Waals surface area contributed by atoms with Gasteiger partial charge in [0.2, 0.25) is 10.0 Å². The Balaban J connectivity index is 3.14. The third-order valence-corrected chi connectivity index (χ3v) is 4.35. The van der Waals surface area contributed by atoms with Gasteiger partial charge in [-0.15, -0.1) is 0 Å². The molecule has 0 atom stereocenters. The fourth-order valence-corrected chi connectivity index (χ4v) is 3.32. The second-order valence-corrected chi connectivity index (χ2v) is 8.21. The van der Waals surface area contributed by atoms with Crippen LogP contribution in [0.25, 0.3) is 0 Å². The van der Waals surface area contributed by atoms with E-state index >= 15 is 0 Å². The minimum atomic E-state index is -3.93. The average Bonchev–Trinajstić information content (AvgIpc) is 2.36. The number of hydrogen-bond acceptors (Lipinski definition) is 3. The van der Waals surface area contributed by atoms with Gasteiger partial charge in [0.1, 0.15) is 10.7 Å². The maximum Gasteiger partial charge on any atom is 0.243 e. The van der Waals surface area contributed by atoms with Crippen molar-refractivity contribution in [3.8, 4) is 0 Å². The molecule has 0 heterocycles. The summed E-state index contributed by atoms with van der Waals surface area (Å²) in [5.74, 6) is -0.762. The molecule has 7 heteroatoms. The van der Waals surface area contributed by atoms with Gasteiger partial charge in [-0.3, -0.25) is 0 Å². The van der Waals surface area contributed by atoms with Crippen molar-refractivity contribution in [2.75, 3.05) is 13.1 Å². The highest BCUT2D eigenvalue weighted by molar-refractivity contribution is 7.89. The van der Waals surface area contributed by atoms with Crippen LogP contribution in [0, 0.1) is 11.2 Å². The maximum atomic E-state index is 14.4. The van der Waals surface area contributed by atoms with Crippen LogP contribution in [0.15, 0.2) is 17.0 Å². The highest BCUT2D eigenvalue weighted by atomic mass is 35.5. The van der Waals surface area contributed by atoms with Gasteiger partial charge in [-0.2, -0.15) is 0 Å². The van der Waals surface area contributed by atoms with E-state index < -0.39 is 20.7 Å². The topological polar surface area (TPSA) is 58.2 Å². The van der Waals surface area contributed by atoms with E-state index in [2.05, 4.69) is 10.0 Å². The summed E-state index contributed by atoms with van der Waals surface area (Å²) >= 11 is 5.91. The molecule has 0 spiro atoms. The number of hydrogen-bond donors (Lipinski definition) is 2. The largest absolute Gasteiger partial charge is 0.313 e. The molecule has 0 radical (unpaired) electrons. The van der Waals surface area contributed by atoms with Crippen molar-refractivity contribution in [1.29, 1.82) is 0 Å². The Morgan fingerprint density at radius 2 is 1.90 bits per heavy atom. The summed E-state index contributed by atoms with van der Waals surface area (Å²) in [4.78, 5) is -0.410. The highest BCUT2D eigenvalue weighted by Crippen LogP contribution is 2.24. The van der Waals surface area contributed by atoms with Gasteiger partial charge in [0, 0.05) is 23.7 Å². The molecule has 0 aliphatic rings. The number of halogens is 2. The van der Waals surface area contributed by atoms with Gasteiger partial charge >= 0.3 is 0 Å². The molecule has 0 fully saturated rings. The second-order valence-electron chi connectivity index (χ2n) is 6.04. The molecular weight excluding hydrogens is 315 g/mol. The lowest BCUT2D eigenvalue weighted by atomic mass is 9.98. The van der Waals surface area contributed by atoms with Crippen LogP contribution >= 0.6 is 11.6 Å². The zero-order valence-electron chi connectivity index (χ0n) is 12.8. The first-order valence-corrected chi connectivity index (χ1v) is 8.61. The summed E-state index contributed by atoms with van der Waals surface area (Å²) < 4.78 is 41.3. The SMILES string of the molecule is CCNCc1cc(Cl)cc(S(=O)(=O)NCC(C)(C)C)c1F. The minimum absolute atomic E-state index is 0.195. The fraction of sp³-hybridized carbons (Fsp3) is 0.571. The van der Waals surface area contributed by atoms with Gasteiger partial charge in [-0.1, -0.05) is 39.3 Å². The first kappa shape index (κ1) is 18.4. The molecule has 120 valence electrons. The Morgan fingerprint density at radius 3 is 2.43 bits per heavy atom. The van der Waals surface area contributed by atoms with Crippen molar-refractivity contribution in [3.63, 3.8) is 0 Å². The van der Waals surface area contributed by atoms with E-state index in [9.17, 15) is 12.8 Å². The molecule has 0 aliphatic heterocycles. The van der Waals surface area contributed by atoms with Gasteiger partial charge in [0.25, 0.3) is 0 Å². The third-order valence-electron chi connectivity index (χ3n) is 2.73. The number of benzene rings is 1. The lowest BCUT2D eigenvalue weighted by Gasteiger charge is -2.19. The second kappa shape index (κ2) is 7.05. The molecule has 0 bridgehead atoms. The van der Waals surface area contributed by atoms with Gasteiger partial charge in [0.15, 0.2) is 0 Å². The molecule has 0 unspecified atom stereocenters. The first-order chi connectivity index (χ1) is 9.57. The molecule has 0 saturated carbocycles. The van der Waals surface area contributed by atoms with Gasteiger partial charge in [0.05, 0.1) is 0 Å². The van der Waals surface area contributed by atoms with Crippen LogP contribution in [-0.2, 0) is 16.6 Å². The molecule has 0 saturated heterocycles. The monoisotopic (exact) mass is 336 g/mol. The van der Waals surface area contributed by atoms with Crippen molar-refractivity contribution in [2.24, 2.45) is 5.41 Å². The molecule has 1 aromatic rings. The van der Waals surface area contributed by atoms with Crippen molar-refractivity contribution >= 4 is 21.6 Å². The Labute approximate surface area is 131 Å². The van der Waals surface area contributed by atoms with Gasteiger partial charge in [-0.05, 0) is 24.1 Å². The zero-order chi connectivity index (χ0) is 16.3. The van der Waals surface area contributed by atoms with Crippen LogP contribution in [0.5, 0.6) is 0 Å². The molecular formula is C14H22ClFN2O2S. The average molecular weight is 337 g/mol. The van der Waals surface area contributed by atoms with E-state index in [1.54, 1.807) is 0 Å². The Morgan fingerprint density at radius 1 is 1.29 bits per heavy atom. The Kier molecular flexibility index (Phi) is 6.16. The Bertz CT molecular complexity index is 598. The van der Waals surface area contributed by atoms with Crippen LogP contribution in [0.1, 0.15) is 33.3 Å². The van der Waals surface area contributed by atoms with Crippen molar-refractivity contribution in [1.82, 2.24) is 10.0 Å². The normalized spacial score (nSPS) is 12.7.